The van der Waals surface area contributed by atoms with Gasteiger partial charge in [-0.25, -0.2) is 0 Å². The number of ether oxygens (including phenoxy) is 2. The highest BCUT2D eigenvalue weighted by molar-refractivity contribution is 8.00. The largest absolute Gasteiger partial charge is 0.493 e. The highest BCUT2D eigenvalue weighted by atomic mass is 32.2. The van der Waals surface area contributed by atoms with Gasteiger partial charge in [0.2, 0.25) is 5.91 Å². The average molecular weight is 331 g/mol. The number of para-hydroxylation sites is 2. The Hall–Kier alpha value is -2.14. The Morgan fingerprint density at radius 2 is 1.78 bits per heavy atom. The van der Waals surface area contributed by atoms with Gasteiger partial charge in [0.15, 0.2) is 11.5 Å². The minimum atomic E-state index is 0.00174. The van der Waals surface area contributed by atoms with Crippen molar-refractivity contribution in [1.82, 2.24) is 5.32 Å². The van der Waals surface area contributed by atoms with Crippen molar-refractivity contribution in [3.8, 4) is 11.5 Å². The van der Waals surface area contributed by atoms with E-state index in [2.05, 4.69) is 5.32 Å². The molecule has 0 aliphatic rings. The van der Waals surface area contributed by atoms with Crippen LogP contribution >= 0.6 is 11.8 Å². The summed E-state index contributed by atoms with van der Waals surface area (Å²) in [5.74, 6) is 1.77. The van der Waals surface area contributed by atoms with Crippen LogP contribution in [0.25, 0.3) is 0 Å². The molecule has 0 heterocycles. The van der Waals surface area contributed by atoms with Gasteiger partial charge in [0.1, 0.15) is 6.61 Å². The number of nitrogens with one attached hydrogen (secondary N) is 1. The highest BCUT2D eigenvalue weighted by Crippen LogP contribution is 2.25. The maximum Gasteiger partial charge on any atom is 0.230 e. The number of rotatable bonds is 8. The van der Waals surface area contributed by atoms with Crippen LogP contribution in [-0.4, -0.2) is 31.9 Å². The Kier molecular flexibility index (Phi) is 6.81. The van der Waals surface area contributed by atoms with E-state index in [1.807, 2.05) is 55.5 Å². The van der Waals surface area contributed by atoms with Crippen molar-refractivity contribution < 1.29 is 14.3 Å². The summed E-state index contributed by atoms with van der Waals surface area (Å²) in [7, 11) is 1.60. The molecular weight excluding hydrogens is 310 g/mol. The van der Waals surface area contributed by atoms with Gasteiger partial charge in [-0.15, -0.1) is 11.8 Å². The summed E-state index contributed by atoms with van der Waals surface area (Å²) in [6.07, 6.45) is 0. The van der Waals surface area contributed by atoms with Crippen molar-refractivity contribution in [2.75, 3.05) is 26.0 Å². The SMILES string of the molecule is COc1ccccc1OCCNC(=O)CSc1ccccc1C. The fourth-order valence-electron chi connectivity index (χ4n) is 2.00. The quantitative estimate of drug-likeness (QED) is 0.596. The second kappa shape index (κ2) is 9.10. The molecule has 0 unspecified atom stereocenters. The van der Waals surface area contributed by atoms with Gasteiger partial charge in [-0.2, -0.15) is 0 Å². The summed E-state index contributed by atoms with van der Waals surface area (Å²) >= 11 is 1.54. The highest BCUT2D eigenvalue weighted by Gasteiger charge is 2.05. The first kappa shape index (κ1) is 17.2. The van der Waals surface area contributed by atoms with E-state index >= 15 is 0 Å². The van der Waals surface area contributed by atoms with E-state index in [0.29, 0.717) is 30.4 Å². The number of methoxy groups -OCH3 is 1. The summed E-state index contributed by atoms with van der Waals surface area (Å²) in [5, 5.41) is 2.85. The minimum absolute atomic E-state index is 0.00174. The molecule has 0 saturated carbocycles. The maximum absolute atomic E-state index is 11.8. The molecule has 0 atom stereocenters. The van der Waals surface area contributed by atoms with Gasteiger partial charge in [-0.1, -0.05) is 30.3 Å². The first-order valence-corrected chi connectivity index (χ1v) is 8.40. The van der Waals surface area contributed by atoms with Crippen LogP contribution in [0.4, 0.5) is 0 Å². The molecule has 0 radical (unpaired) electrons. The third-order valence-corrected chi connectivity index (χ3v) is 4.38. The molecule has 0 spiro atoms. The summed E-state index contributed by atoms with van der Waals surface area (Å²) in [4.78, 5) is 13.0. The summed E-state index contributed by atoms with van der Waals surface area (Å²) < 4.78 is 10.8. The van der Waals surface area contributed by atoms with E-state index in [-0.39, 0.29) is 5.91 Å². The van der Waals surface area contributed by atoms with E-state index in [1.54, 1.807) is 18.9 Å². The van der Waals surface area contributed by atoms with Crippen molar-refractivity contribution in [2.45, 2.75) is 11.8 Å². The number of amides is 1. The van der Waals surface area contributed by atoms with Gasteiger partial charge in [0.05, 0.1) is 19.4 Å². The monoisotopic (exact) mass is 331 g/mol. The summed E-state index contributed by atoms with van der Waals surface area (Å²) in [5.41, 5.74) is 1.19. The minimum Gasteiger partial charge on any atom is -0.493 e. The molecule has 2 aromatic rings. The van der Waals surface area contributed by atoms with Crippen molar-refractivity contribution >= 4 is 17.7 Å². The Balaban J connectivity index is 1.68. The van der Waals surface area contributed by atoms with Gasteiger partial charge >= 0.3 is 0 Å². The smallest absolute Gasteiger partial charge is 0.230 e. The van der Waals surface area contributed by atoms with E-state index in [1.165, 1.54) is 5.56 Å². The Morgan fingerprint density at radius 3 is 2.52 bits per heavy atom. The molecule has 1 N–H and O–H groups in total. The number of carbonyl (C=O) groups is 1. The fourth-order valence-corrected chi connectivity index (χ4v) is 2.86. The molecule has 5 heteroatoms. The summed E-state index contributed by atoms with van der Waals surface area (Å²) in [6.45, 7) is 2.91. The van der Waals surface area contributed by atoms with Crippen LogP contribution in [0.15, 0.2) is 53.4 Å². The lowest BCUT2D eigenvalue weighted by Crippen LogP contribution is -2.29. The lowest BCUT2D eigenvalue weighted by molar-refractivity contribution is -0.118. The molecule has 23 heavy (non-hydrogen) atoms. The van der Waals surface area contributed by atoms with Gasteiger partial charge in [0.25, 0.3) is 0 Å². The van der Waals surface area contributed by atoms with Crippen LogP contribution in [0.5, 0.6) is 11.5 Å². The molecule has 0 bridgehead atoms. The molecule has 0 aliphatic carbocycles. The molecule has 0 fully saturated rings. The van der Waals surface area contributed by atoms with E-state index in [0.717, 1.165) is 4.90 Å². The zero-order chi connectivity index (χ0) is 16.5. The average Bonchev–Trinajstić information content (AvgIpc) is 2.58. The number of hydrogen-bond acceptors (Lipinski definition) is 4. The molecule has 0 aliphatic heterocycles. The molecule has 0 saturated heterocycles. The third-order valence-electron chi connectivity index (χ3n) is 3.20. The number of carbonyl (C=O) groups excluding carboxylic acids is 1. The maximum atomic E-state index is 11.8. The van der Waals surface area contributed by atoms with Gasteiger partial charge in [-0.05, 0) is 30.7 Å². The van der Waals surface area contributed by atoms with Crippen LogP contribution in [0.3, 0.4) is 0 Å². The number of hydrogen-bond donors (Lipinski definition) is 1. The number of benzene rings is 2. The van der Waals surface area contributed by atoms with Crippen LogP contribution in [0.1, 0.15) is 5.56 Å². The Labute approximate surface area is 141 Å². The molecule has 4 nitrogen and oxygen atoms in total. The van der Waals surface area contributed by atoms with E-state index in [9.17, 15) is 4.79 Å². The standard InChI is InChI=1S/C18H21NO3S/c1-14-7-3-6-10-17(14)23-13-18(20)19-11-12-22-16-9-5-4-8-15(16)21-2/h3-10H,11-13H2,1-2H3,(H,19,20). The first-order chi connectivity index (χ1) is 11.2. The van der Waals surface area contributed by atoms with Gasteiger partial charge in [0, 0.05) is 4.90 Å². The zero-order valence-electron chi connectivity index (χ0n) is 13.4. The van der Waals surface area contributed by atoms with E-state index in [4.69, 9.17) is 9.47 Å². The molecular formula is C18H21NO3S. The lowest BCUT2D eigenvalue weighted by atomic mass is 10.2. The number of thioether (sulfide) groups is 1. The van der Waals surface area contributed by atoms with Crippen molar-refractivity contribution in [2.24, 2.45) is 0 Å². The summed E-state index contributed by atoms with van der Waals surface area (Å²) in [6, 6.07) is 15.5. The predicted octanol–water partition coefficient (Wildman–Crippen LogP) is 3.29. The van der Waals surface area contributed by atoms with Gasteiger partial charge < -0.3 is 14.8 Å². The second-order valence-electron chi connectivity index (χ2n) is 4.90. The Bertz CT molecular complexity index is 646. The zero-order valence-corrected chi connectivity index (χ0v) is 14.2. The fraction of sp³-hybridized carbons (Fsp3) is 0.278. The molecule has 0 aromatic heterocycles. The molecule has 2 rings (SSSR count). The van der Waals surface area contributed by atoms with Crippen molar-refractivity contribution in [1.29, 1.82) is 0 Å². The predicted molar refractivity (Wildman–Crippen MR) is 93.4 cm³/mol. The second-order valence-corrected chi connectivity index (χ2v) is 5.92. The normalized spacial score (nSPS) is 10.2. The number of aryl methyl sites for hydroxylation is 1. The van der Waals surface area contributed by atoms with Crippen LogP contribution < -0.4 is 14.8 Å². The first-order valence-electron chi connectivity index (χ1n) is 7.41. The molecule has 122 valence electrons. The Morgan fingerprint density at radius 1 is 1.09 bits per heavy atom. The van der Waals surface area contributed by atoms with Crippen LogP contribution in [0.2, 0.25) is 0 Å². The third kappa shape index (κ3) is 5.53. The van der Waals surface area contributed by atoms with Gasteiger partial charge in [-0.3, -0.25) is 4.79 Å². The topological polar surface area (TPSA) is 47.6 Å². The van der Waals surface area contributed by atoms with E-state index < -0.39 is 0 Å². The molecule has 2 aromatic carbocycles. The van der Waals surface area contributed by atoms with Crippen LogP contribution in [-0.2, 0) is 4.79 Å². The molecule has 1 amide bonds. The van der Waals surface area contributed by atoms with Crippen molar-refractivity contribution in [3.63, 3.8) is 0 Å². The van der Waals surface area contributed by atoms with Crippen molar-refractivity contribution in [3.05, 3.63) is 54.1 Å². The van der Waals surface area contributed by atoms with Crippen LogP contribution in [0, 0.1) is 6.92 Å². The lowest BCUT2D eigenvalue weighted by Gasteiger charge is -2.11.